The molecule has 1 heterocycles. The Hall–Kier alpha value is -3.60. The summed E-state index contributed by atoms with van der Waals surface area (Å²) in [6, 6.07) is 17.7. The van der Waals surface area contributed by atoms with Crippen LogP contribution in [0.5, 0.6) is 11.5 Å². The van der Waals surface area contributed by atoms with Crippen molar-refractivity contribution in [3.05, 3.63) is 82.2 Å². The van der Waals surface area contributed by atoms with Gasteiger partial charge in [-0.1, -0.05) is 42.5 Å². The Balaban J connectivity index is 1.94. The maximum atomic E-state index is 13.1. The molecule has 0 aliphatic carbocycles. The molecule has 0 amide bonds. The van der Waals surface area contributed by atoms with Crippen molar-refractivity contribution in [1.82, 2.24) is 0 Å². The van der Waals surface area contributed by atoms with Crippen LogP contribution in [0.15, 0.2) is 69.9 Å². The minimum absolute atomic E-state index is 0.0395. The molecule has 0 aliphatic heterocycles. The highest BCUT2D eigenvalue weighted by Gasteiger charge is 2.19. The van der Waals surface area contributed by atoms with E-state index in [0.29, 0.717) is 28.0 Å². The molecule has 5 heteroatoms. The monoisotopic (exact) mass is 360 g/mol. The molecular weight excluding hydrogens is 344 g/mol. The molecule has 0 radical (unpaired) electrons. The Labute approximate surface area is 154 Å². The predicted octanol–water partition coefficient (Wildman–Crippen LogP) is 4.19. The highest BCUT2D eigenvalue weighted by atomic mass is 16.5. The van der Waals surface area contributed by atoms with Gasteiger partial charge >= 0.3 is 5.63 Å². The summed E-state index contributed by atoms with van der Waals surface area (Å²) >= 11 is 0. The third kappa shape index (κ3) is 2.83. The molecule has 0 aliphatic rings. The molecule has 0 N–H and O–H groups in total. The molecule has 0 fully saturated rings. The molecule has 134 valence electrons. The van der Waals surface area contributed by atoms with E-state index in [0.717, 1.165) is 10.8 Å². The fraction of sp³-hybridized carbons (Fsp3) is 0.0909. The van der Waals surface area contributed by atoms with E-state index in [4.69, 9.17) is 13.9 Å². The first-order chi connectivity index (χ1) is 13.1. The molecule has 0 bridgehead atoms. The second kappa shape index (κ2) is 6.61. The van der Waals surface area contributed by atoms with Crippen LogP contribution in [-0.2, 0) is 0 Å². The zero-order valence-corrected chi connectivity index (χ0v) is 14.8. The number of carbonyl (C=O) groups excluding carboxylic acids is 1. The average molecular weight is 360 g/mol. The van der Waals surface area contributed by atoms with Gasteiger partial charge in [0.1, 0.15) is 22.6 Å². The van der Waals surface area contributed by atoms with Crippen LogP contribution in [0.25, 0.3) is 21.7 Å². The molecular formula is C22H16O5. The van der Waals surface area contributed by atoms with Crippen molar-refractivity contribution < 1.29 is 18.7 Å². The molecule has 4 rings (SSSR count). The van der Waals surface area contributed by atoms with Gasteiger partial charge in [-0.25, -0.2) is 4.79 Å². The highest BCUT2D eigenvalue weighted by molar-refractivity contribution is 6.17. The standard InChI is InChI=1S/C22H16O5/c1-25-14-10-19(26-2)17-12-18(22(24)27-20(17)11-14)21(23)16-9-5-7-13-6-3-4-8-15(13)16/h3-12H,1-2H3. The third-order valence-electron chi connectivity index (χ3n) is 4.52. The SMILES string of the molecule is COc1cc(OC)c2cc(C(=O)c3cccc4ccccc34)c(=O)oc2c1. The Morgan fingerprint density at radius 3 is 2.41 bits per heavy atom. The summed E-state index contributed by atoms with van der Waals surface area (Å²) in [4.78, 5) is 25.6. The van der Waals surface area contributed by atoms with Crippen molar-refractivity contribution in [2.24, 2.45) is 0 Å². The van der Waals surface area contributed by atoms with Gasteiger partial charge < -0.3 is 13.9 Å². The molecule has 0 unspecified atom stereocenters. The summed E-state index contributed by atoms with van der Waals surface area (Å²) in [6.07, 6.45) is 0. The van der Waals surface area contributed by atoms with E-state index in [-0.39, 0.29) is 11.3 Å². The number of ether oxygens (including phenoxy) is 2. The summed E-state index contributed by atoms with van der Waals surface area (Å²) in [5.74, 6) is 0.566. The number of ketones is 1. The van der Waals surface area contributed by atoms with E-state index in [9.17, 15) is 9.59 Å². The average Bonchev–Trinajstić information content (AvgIpc) is 2.71. The molecule has 0 spiro atoms. The lowest BCUT2D eigenvalue weighted by atomic mass is 9.97. The number of rotatable bonds is 4. The third-order valence-corrected chi connectivity index (χ3v) is 4.52. The fourth-order valence-electron chi connectivity index (χ4n) is 3.18. The van der Waals surface area contributed by atoms with Gasteiger partial charge in [0.25, 0.3) is 0 Å². The zero-order valence-electron chi connectivity index (χ0n) is 14.8. The van der Waals surface area contributed by atoms with E-state index in [2.05, 4.69) is 0 Å². The Morgan fingerprint density at radius 1 is 0.852 bits per heavy atom. The maximum Gasteiger partial charge on any atom is 0.347 e. The van der Waals surface area contributed by atoms with E-state index < -0.39 is 5.63 Å². The minimum atomic E-state index is -0.698. The molecule has 0 saturated carbocycles. The van der Waals surface area contributed by atoms with E-state index in [1.165, 1.54) is 20.3 Å². The number of hydrogen-bond acceptors (Lipinski definition) is 5. The van der Waals surface area contributed by atoms with E-state index in [1.54, 1.807) is 24.3 Å². The zero-order chi connectivity index (χ0) is 19.0. The summed E-state index contributed by atoms with van der Waals surface area (Å²) < 4.78 is 16.0. The first-order valence-corrected chi connectivity index (χ1v) is 8.34. The minimum Gasteiger partial charge on any atom is -0.496 e. The number of benzene rings is 3. The molecule has 0 saturated heterocycles. The molecule has 1 aromatic heterocycles. The second-order valence-corrected chi connectivity index (χ2v) is 6.04. The molecule has 5 nitrogen and oxygen atoms in total. The first-order valence-electron chi connectivity index (χ1n) is 8.34. The molecule has 3 aromatic carbocycles. The maximum absolute atomic E-state index is 13.1. The van der Waals surface area contributed by atoms with Crippen LogP contribution < -0.4 is 15.1 Å². The summed E-state index contributed by atoms with van der Waals surface area (Å²) in [7, 11) is 3.02. The van der Waals surface area contributed by atoms with Gasteiger partial charge in [0, 0.05) is 17.7 Å². The predicted molar refractivity (Wildman–Crippen MR) is 103 cm³/mol. The van der Waals surface area contributed by atoms with E-state index in [1.807, 2.05) is 30.3 Å². The van der Waals surface area contributed by atoms with Crippen LogP contribution in [0.2, 0.25) is 0 Å². The van der Waals surface area contributed by atoms with Gasteiger partial charge in [0.15, 0.2) is 0 Å². The summed E-state index contributed by atoms with van der Waals surface area (Å²) in [6.45, 7) is 0. The van der Waals surface area contributed by atoms with Crippen LogP contribution in [0.3, 0.4) is 0 Å². The quantitative estimate of drug-likeness (QED) is 0.403. The molecule has 0 atom stereocenters. The number of fused-ring (bicyclic) bond motifs is 2. The lowest BCUT2D eigenvalue weighted by Crippen LogP contribution is -2.15. The van der Waals surface area contributed by atoms with Crippen molar-refractivity contribution in [3.8, 4) is 11.5 Å². The van der Waals surface area contributed by atoms with Crippen molar-refractivity contribution in [3.63, 3.8) is 0 Å². The summed E-state index contributed by atoms with van der Waals surface area (Å²) in [5, 5.41) is 2.24. The van der Waals surface area contributed by atoms with E-state index >= 15 is 0 Å². The van der Waals surface area contributed by atoms with Crippen LogP contribution in [0, 0.1) is 0 Å². The van der Waals surface area contributed by atoms with Crippen LogP contribution in [0.1, 0.15) is 15.9 Å². The van der Waals surface area contributed by atoms with Crippen molar-refractivity contribution in [1.29, 1.82) is 0 Å². The van der Waals surface area contributed by atoms with Gasteiger partial charge in [0.2, 0.25) is 5.78 Å². The smallest absolute Gasteiger partial charge is 0.347 e. The lowest BCUT2D eigenvalue weighted by Gasteiger charge is -2.09. The van der Waals surface area contributed by atoms with Crippen molar-refractivity contribution in [2.75, 3.05) is 14.2 Å². The topological polar surface area (TPSA) is 65.7 Å². The van der Waals surface area contributed by atoms with Gasteiger partial charge in [-0.3, -0.25) is 4.79 Å². The number of carbonyl (C=O) groups is 1. The Bertz CT molecular complexity index is 1230. The van der Waals surface area contributed by atoms with Crippen LogP contribution >= 0.6 is 0 Å². The largest absolute Gasteiger partial charge is 0.496 e. The normalized spacial score (nSPS) is 10.9. The molecule has 4 aromatic rings. The van der Waals surface area contributed by atoms with Gasteiger partial charge in [0.05, 0.1) is 19.6 Å². The van der Waals surface area contributed by atoms with Crippen LogP contribution in [0.4, 0.5) is 0 Å². The van der Waals surface area contributed by atoms with Gasteiger partial charge in [-0.15, -0.1) is 0 Å². The second-order valence-electron chi connectivity index (χ2n) is 6.04. The fourth-order valence-corrected chi connectivity index (χ4v) is 3.18. The number of methoxy groups -OCH3 is 2. The number of hydrogen-bond donors (Lipinski definition) is 0. The Kier molecular flexibility index (Phi) is 4.12. The lowest BCUT2D eigenvalue weighted by molar-refractivity contribution is 0.103. The van der Waals surface area contributed by atoms with Crippen molar-refractivity contribution in [2.45, 2.75) is 0 Å². The van der Waals surface area contributed by atoms with Gasteiger partial charge in [-0.2, -0.15) is 0 Å². The molecule has 27 heavy (non-hydrogen) atoms. The van der Waals surface area contributed by atoms with Gasteiger partial charge in [-0.05, 0) is 16.8 Å². The van der Waals surface area contributed by atoms with Crippen LogP contribution in [-0.4, -0.2) is 20.0 Å². The summed E-state index contributed by atoms with van der Waals surface area (Å²) in [5.41, 5.74) is 0.0101. The first kappa shape index (κ1) is 16.8. The Morgan fingerprint density at radius 2 is 1.63 bits per heavy atom. The van der Waals surface area contributed by atoms with Crippen molar-refractivity contribution >= 4 is 27.5 Å². The highest BCUT2D eigenvalue weighted by Crippen LogP contribution is 2.31.